The number of fused-ring (bicyclic) bond motifs is 1. The zero-order valence-corrected chi connectivity index (χ0v) is 19.3. The highest BCUT2D eigenvalue weighted by Crippen LogP contribution is 2.27. The summed E-state index contributed by atoms with van der Waals surface area (Å²) in [5.41, 5.74) is 1.44. The summed E-state index contributed by atoms with van der Waals surface area (Å²) in [7, 11) is 0. The Labute approximate surface area is 180 Å². The third-order valence-electron chi connectivity index (χ3n) is 6.17. The van der Waals surface area contributed by atoms with Crippen LogP contribution in [0.5, 0.6) is 0 Å². The zero-order valence-electron chi connectivity index (χ0n) is 19.3. The SMILES string of the molecule is CCCCCCCCCN(CCCCCCCCC)c1cccc2ccccc12. The molecule has 2 aromatic rings. The molecule has 0 heterocycles. The third-order valence-corrected chi connectivity index (χ3v) is 6.17. The van der Waals surface area contributed by atoms with Crippen LogP contribution in [-0.2, 0) is 0 Å². The first-order valence-electron chi connectivity index (χ1n) is 12.6. The third kappa shape index (κ3) is 9.24. The van der Waals surface area contributed by atoms with E-state index in [1.54, 1.807) is 0 Å². The fraction of sp³-hybridized carbons (Fsp3) is 0.643. The van der Waals surface area contributed by atoms with Crippen molar-refractivity contribution in [2.24, 2.45) is 0 Å². The summed E-state index contributed by atoms with van der Waals surface area (Å²) < 4.78 is 0. The molecule has 0 aliphatic heterocycles. The van der Waals surface area contributed by atoms with Gasteiger partial charge in [-0.05, 0) is 24.3 Å². The molecule has 1 heteroatoms. The summed E-state index contributed by atoms with van der Waals surface area (Å²) in [5.74, 6) is 0. The second-order valence-electron chi connectivity index (χ2n) is 8.73. The summed E-state index contributed by atoms with van der Waals surface area (Å²) in [4.78, 5) is 2.68. The molecule has 0 bridgehead atoms. The van der Waals surface area contributed by atoms with Gasteiger partial charge in [0, 0.05) is 24.2 Å². The van der Waals surface area contributed by atoms with Crippen molar-refractivity contribution in [1.82, 2.24) is 0 Å². The van der Waals surface area contributed by atoms with Crippen molar-refractivity contribution in [3.05, 3.63) is 42.5 Å². The van der Waals surface area contributed by atoms with E-state index in [-0.39, 0.29) is 0 Å². The van der Waals surface area contributed by atoms with Crippen LogP contribution in [0.4, 0.5) is 5.69 Å². The van der Waals surface area contributed by atoms with E-state index < -0.39 is 0 Å². The Kier molecular flexibility index (Phi) is 12.6. The highest BCUT2D eigenvalue weighted by atomic mass is 15.1. The Balaban J connectivity index is 1.87. The molecule has 0 aliphatic carbocycles. The lowest BCUT2D eigenvalue weighted by atomic mass is 10.1. The normalized spacial score (nSPS) is 11.2. The minimum Gasteiger partial charge on any atom is -0.371 e. The predicted octanol–water partition coefficient (Wildman–Crippen LogP) is 9.15. The van der Waals surface area contributed by atoms with Crippen LogP contribution in [-0.4, -0.2) is 13.1 Å². The molecule has 0 amide bonds. The number of anilines is 1. The van der Waals surface area contributed by atoms with Gasteiger partial charge in [-0.1, -0.05) is 127 Å². The maximum absolute atomic E-state index is 2.68. The summed E-state index contributed by atoms with van der Waals surface area (Å²) in [6.45, 7) is 7.01. The predicted molar refractivity (Wildman–Crippen MR) is 132 cm³/mol. The van der Waals surface area contributed by atoms with E-state index in [2.05, 4.69) is 61.2 Å². The van der Waals surface area contributed by atoms with Crippen molar-refractivity contribution < 1.29 is 0 Å². The molecule has 0 atom stereocenters. The summed E-state index contributed by atoms with van der Waals surface area (Å²) in [5, 5.41) is 2.79. The van der Waals surface area contributed by atoms with Crippen molar-refractivity contribution in [1.29, 1.82) is 0 Å². The molecule has 0 fully saturated rings. The van der Waals surface area contributed by atoms with E-state index in [0.717, 1.165) is 0 Å². The maximum atomic E-state index is 2.68. The number of hydrogen-bond donors (Lipinski definition) is 0. The fourth-order valence-corrected chi connectivity index (χ4v) is 4.36. The highest BCUT2D eigenvalue weighted by Gasteiger charge is 2.10. The first-order valence-corrected chi connectivity index (χ1v) is 12.6. The first kappa shape index (κ1) is 23.8. The molecule has 29 heavy (non-hydrogen) atoms. The highest BCUT2D eigenvalue weighted by molar-refractivity contribution is 5.94. The van der Waals surface area contributed by atoms with E-state index in [1.165, 1.54) is 119 Å². The molecular formula is C28H45N. The van der Waals surface area contributed by atoms with E-state index in [4.69, 9.17) is 0 Å². The Hall–Kier alpha value is -1.50. The van der Waals surface area contributed by atoms with Crippen LogP contribution in [0, 0.1) is 0 Å². The van der Waals surface area contributed by atoms with E-state index in [9.17, 15) is 0 Å². The van der Waals surface area contributed by atoms with Gasteiger partial charge in [-0.25, -0.2) is 0 Å². The summed E-state index contributed by atoms with van der Waals surface area (Å²) in [6, 6.07) is 15.7. The standard InChI is InChI=1S/C28H45N/c1-3-5-7-9-11-13-17-24-29(25-18-14-12-10-8-6-4-2)28-23-19-21-26-20-15-16-22-27(26)28/h15-16,19-23H,3-14,17-18,24-25H2,1-2H3. The lowest BCUT2D eigenvalue weighted by Crippen LogP contribution is -2.26. The van der Waals surface area contributed by atoms with Crippen LogP contribution < -0.4 is 4.90 Å². The van der Waals surface area contributed by atoms with Gasteiger partial charge in [-0.2, -0.15) is 0 Å². The van der Waals surface area contributed by atoms with Crippen molar-refractivity contribution >= 4 is 16.5 Å². The Morgan fingerprint density at radius 2 is 1.00 bits per heavy atom. The van der Waals surface area contributed by atoms with Gasteiger partial charge in [0.05, 0.1) is 0 Å². The Morgan fingerprint density at radius 3 is 1.59 bits per heavy atom. The van der Waals surface area contributed by atoms with Gasteiger partial charge in [-0.3, -0.25) is 0 Å². The zero-order chi connectivity index (χ0) is 20.6. The molecule has 0 saturated carbocycles. The number of unbranched alkanes of at least 4 members (excludes halogenated alkanes) is 12. The number of benzene rings is 2. The van der Waals surface area contributed by atoms with Crippen LogP contribution in [0.1, 0.15) is 104 Å². The van der Waals surface area contributed by atoms with Gasteiger partial charge in [0.25, 0.3) is 0 Å². The fourth-order valence-electron chi connectivity index (χ4n) is 4.36. The quantitative estimate of drug-likeness (QED) is 0.241. The molecule has 1 nitrogen and oxygen atoms in total. The van der Waals surface area contributed by atoms with Crippen molar-refractivity contribution in [2.45, 2.75) is 104 Å². The van der Waals surface area contributed by atoms with Crippen LogP contribution in [0.2, 0.25) is 0 Å². The number of hydrogen-bond acceptors (Lipinski definition) is 1. The first-order chi connectivity index (χ1) is 14.4. The van der Waals surface area contributed by atoms with Gasteiger partial charge in [0.2, 0.25) is 0 Å². The minimum absolute atomic E-state index is 1.21. The van der Waals surface area contributed by atoms with Crippen LogP contribution >= 0.6 is 0 Å². The molecule has 0 aliphatic rings. The molecule has 0 radical (unpaired) electrons. The Morgan fingerprint density at radius 1 is 0.517 bits per heavy atom. The van der Waals surface area contributed by atoms with Crippen molar-refractivity contribution in [3.8, 4) is 0 Å². The maximum Gasteiger partial charge on any atom is 0.0445 e. The van der Waals surface area contributed by atoms with Gasteiger partial charge in [-0.15, -0.1) is 0 Å². The topological polar surface area (TPSA) is 3.24 Å². The van der Waals surface area contributed by atoms with Crippen LogP contribution in [0.3, 0.4) is 0 Å². The summed E-state index contributed by atoms with van der Waals surface area (Å²) in [6.07, 6.45) is 19.4. The minimum atomic E-state index is 1.21. The molecule has 0 unspecified atom stereocenters. The molecule has 0 aromatic heterocycles. The number of rotatable bonds is 17. The average molecular weight is 396 g/mol. The largest absolute Gasteiger partial charge is 0.371 e. The van der Waals surface area contributed by atoms with Crippen molar-refractivity contribution in [3.63, 3.8) is 0 Å². The van der Waals surface area contributed by atoms with Crippen LogP contribution in [0.25, 0.3) is 10.8 Å². The Bertz CT molecular complexity index is 624. The molecule has 0 saturated heterocycles. The summed E-state index contributed by atoms with van der Waals surface area (Å²) >= 11 is 0. The second kappa shape index (κ2) is 15.4. The monoisotopic (exact) mass is 395 g/mol. The van der Waals surface area contributed by atoms with Gasteiger partial charge >= 0.3 is 0 Å². The molecule has 0 N–H and O–H groups in total. The van der Waals surface area contributed by atoms with Crippen LogP contribution in [0.15, 0.2) is 42.5 Å². The second-order valence-corrected chi connectivity index (χ2v) is 8.73. The molecular weight excluding hydrogens is 350 g/mol. The van der Waals surface area contributed by atoms with Crippen molar-refractivity contribution in [2.75, 3.05) is 18.0 Å². The molecule has 2 aromatic carbocycles. The molecule has 2 rings (SSSR count). The van der Waals surface area contributed by atoms with E-state index >= 15 is 0 Å². The lowest BCUT2D eigenvalue weighted by Gasteiger charge is -2.26. The van der Waals surface area contributed by atoms with E-state index in [1.807, 2.05) is 0 Å². The van der Waals surface area contributed by atoms with Gasteiger partial charge in [0.1, 0.15) is 0 Å². The molecule has 0 spiro atoms. The van der Waals surface area contributed by atoms with Gasteiger partial charge in [0.15, 0.2) is 0 Å². The van der Waals surface area contributed by atoms with Gasteiger partial charge < -0.3 is 4.90 Å². The number of nitrogens with zero attached hydrogens (tertiary/aromatic N) is 1. The molecule has 162 valence electrons. The average Bonchev–Trinajstić information content (AvgIpc) is 2.76. The van der Waals surface area contributed by atoms with E-state index in [0.29, 0.717) is 0 Å². The smallest absolute Gasteiger partial charge is 0.0445 e. The lowest BCUT2D eigenvalue weighted by molar-refractivity contribution is 0.564.